The van der Waals surface area contributed by atoms with Gasteiger partial charge in [-0.1, -0.05) is 0 Å². The van der Waals surface area contributed by atoms with Gasteiger partial charge < -0.3 is 26.0 Å². The molecule has 0 aromatic heterocycles. The van der Waals surface area contributed by atoms with Crippen molar-refractivity contribution in [1.29, 1.82) is 0 Å². The summed E-state index contributed by atoms with van der Waals surface area (Å²) in [5.41, 5.74) is 6.13. The van der Waals surface area contributed by atoms with E-state index in [1.807, 2.05) is 0 Å². The normalized spacial score (nSPS) is 15.7. The average molecular weight is 256 g/mol. The van der Waals surface area contributed by atoms with E-state index in [2.05, 4.69) is 5.32 Å². The molecule has 0 aromatic rings. The Morgan fingerprint density at radius 2 is 1.94 bits per heavy atom. The second-order valence-electron chi connectivity index (χ2n) is 3.81. The maximum absolute atomic E-state index is 11.1. The summed E-state index contributed by atoms with van der Waals surface area (Å²) < 4.78 is 5.17. The highest BCUT2D eigenvalue weighted by Crippen LogP contribution is 2.23. The number of hydrogen-bond acceptors (Lipinski definition) is 5. The first-order chi connectivity index (χ1) is 8.47. The molecule has 1 aliphatic rings. The smallest absolute Gasteiger partial charge is 0.333 e. The molecule has 0 amide bonds. The highest BCUT2D eigenvalue weighted by molar-refractivity contribution is 5.95. The summed E-state index contributed by atoms with van der Waals surface area (Å²) in [5.74, 6) is -2.28. The Kier molecular flexibility index (Phi) is 4.87. The summed E-state index contributed by atoms with van der Waals surface area (Å²) in [5, 5.41) is 20.8. The first-order valence-electron chi connectivity index (χ1n) is 5.40. The Morgan fingerprint density at radius 3 is 2.44 bits per heavy atom. The molecule has 0 aliphatic carbocycles. The largest absolute Gasteiger partial charge is 0.478 e. The minimum Gasteiger partial charge on any atom is -0.478 e. The average Bonchev–Trinajstić information content (AvgIpc) is 2.28. The Labute approximate surface area is 104 Å². The number of hydrogen-bond donors (Lipinski definition) is 4. The molecule has 100 valence electrons. The van der Waals surface area contributed by atoms with E-state index in [1.54, 1.807) is 6.92 Å². The van der Waals surface area contributed by atoms with Crippen LogP contribution in [0.1, 0.15) is 13.3 Å². The van der Waals surface area contributed by atoms with E-state index in [9.17, 15) is 9.59 Å². The molecule has 0 saturated heterocycles. The minimum atomic E-state index is -1.15. The zero-order chi connectivity index (χ0) is 13.7. The summed E-state index contributed by atoms with van der Waals surface area (Å²) in [6, 6.07) is 0. The van der Waals surface area contributed by atoms with Gasteiger partial charge in [0.25, 0.3) is 0 Å². The van der Waals surface area contributed by atoms with Crippen molar-refractivity contribution in [3.8, 4) is 0 Å². The topological polar surface area (TPSA) is 122 Å². The summed E-state index contributed by atoms with van der Waals surface area (Å²) >= 11 is 0. The summed E-state index contributed by atoms with van der Waals surface area (Å²) in [6.07, 6.45) is -0.120. The van der Waals surface area contributed by atoms with Crippen LogP contribution in [0.25, 0.3) is 0 Å². The highest BCUT2D eigenvalue weighted by Gasteiger charge is 2.26. The van der Waals surface area contributed by atoms with E-state index >= 15 is 0 Å². The third-order valence-electron chi connectivity index (χ3n) is 2.53. The fourth-order valence-corrected chi connectivity index (χ4v) is 1.61. The van der Waals surface area contributed by atoms with Crippen LogP contribution in [0.15, 0.2) is 22.5 Å². The number of nitrogens with two attached hydrogens (primary N) is 1. The maximum Gasteiger partial charge on any atom is 0.333 e. The Morgan fingerprint density at radius 1 is 1.33 bits per heavy atom. The van der Waals surface area contributed by atoms with Crippen LogP contribution in [0, 0.1) is 0 Å². The number of carbonyl (C=O) groups is 2. The van der Waals surface area contributed by atoms with Crippen molar-refractivity contribution >= 4 is 11.9 Å². The van der Waals surface area contributed by atoms with Gasteiger partial charge in [0, 0.05) is 18.7 Å². The number of carboxylic acids is 2. The lowest BCUT2D eigenvalue weighted by atomic mass is 9.98. The molecule has 0 saturated carbocycles. The van der Waals surface area contributed by atoms with E-state index in [4.69, 9.17) is 20.7 Å². The van der Waals surface area contributed by atoms with Gasteiger partial charge in [0.05, 0.1) is 30.1 Å². The minimum absolute atomic E-state index is 0.00928. The first-order valence-corrected chi connectivity index (χ1v) is 5.40. The van der Waals surface area contributed by atoms with Gasteiger partial charge in [-0.05, 0) is 6.92 Å². The Balaban J connectivity index is 2.88. The van der Waals surface area contributed by atoms with Crippen LogP contribution in [-0.4, -0.2) is 41.9 Å². The molecule has 5 N–H and O–H groups in total. The van der Waals surface area contributed by atoms with Gasteiger partial charge in [-0.25, -0.2) is 9.59 Å². The number of rotatable bonds is 6. The molecule has 0 spiro atoms. The Hall–Kier alpha value is -1.86. The molecule has 7 heteroatoms. The van der Waals surface area contributed by atoms with Crippen molar-refractivity contribution in [3.63, 3.8) is 0 Å². The molecule has 18 heavy (non-hydrogen) atoms. The zero-order valence-electron chi connectivity index (χ0n) is 10.0. The van der Waals surface area contributed by atoms with Crippen LogP contribution in [0.3, 0.4) is 0 Å². The van der Waals surface area contributed by atoms with Crippen molar-refractivity contribution in [2.45, 2.75) is 13.3 Å². The van der Waals surface area contributed by atoms with Crippen molar-refractivity contribution in [1.82, 2.24) is 5.32 Å². The number of allylic oxidation sites excluding steroid dienone is 1. The lowest BCUT2D eigenvalue weighted by molar-refractivity contribution is -0.133. The maximum atomic E-state index is 11.1. The fourth-order valence-electron chi connectivity index (χ4n) is 1.61. The molecule has 7 nitrogen and oxygen atoms in total. The molecule has 0 unspecified atom stereocenters. The molecule has 0 bridgehead atoms. The predicted molar refractivity (Wildman–Crippen MR) is 62.6 cm³/mol. The van der Waals surface area contributed by atoms with Gasteiger partial charge in [0.2, 0.25) is 0 Å². The van der Waals surface area contributed by atoms with Gasteiger partial charge in [-0.15, -0.1) is 0 Å². The third-order valence-corrected chi connectivity index (χ3v) is 2.53. The summed E-state index contributed by atoms with van der Waals surface area (Å²) in [7, 11) is 0. The number of ether oxygens (including phenoxy) is 1. The van der Waals surface area contributed by atoms with Gasteiger partial charge in [0.1, 0.15) is 0 Å². The quantitative estimate of drug-likeness (QED) is 0.479. The number of carboxylic acid groups (broad SMARTS) is 2. The lowest BCUT2D eigenvalue weighted by Crippen LogP contribution is -2.29. The van der Waals surface area contributed by atoms with E-state index in [-0.39, 0.29) is 24.2 Å². The van der Waals surface area contributed by atoms with Gasteiger partial charge in [-0.3, -0.25) is 0 Å². The van der Waals surface area contributed by atoms with Crippen molar-refractivity contribution < 1.29 is 24.5 Å². The number of aliphatic carboxylic acids is 2. The first kappa shape index (κ1) is 14.2. The van der Waals surface area contributed by atoms with E-state index < -0.39 is 11.9 Å². The standard InChI is InChI=1S/C11H16N2O5/c1-6-7(10(14)15)4-8(11(16)17)9(13-6)5-18-3-2-12/h13H,2-5,12H2,1H3,(H,14,15)(H,16,17). The van der Waals surface area contributed by atoms with E-state index in [1.165, 1.54) is 0 Å². The lowest BCUT2D eigenvalue weighted by Gasteiger charge is -2.22. The monoisotopic (exact) mass is 256 g/mol. The molecule has 1 heterocycles. The molecular formula is C11H16N2O5. The molecule has 0 atom stereocenters. The summed E-state index contributed by atoms with van der Waals surface area (Å²) in [4.78, 5) is 22.0. The van der Waals surface area contributed by atoms with E-state index in [0.29, 0.717) is 24.5 Å². The zero-order valence-corrected chi connectivity index (χ0v) is 10.0. The van der Waals surface area contributed by atoms with Crippen molar-refractivity contribution in [3.05, 3.63) is 22.5 Å². The second kappa shape index (κ2) is 6.18. The Bertz CT molecular complexity index is 425. The van der Waals surface area contributed by atoms with Crippen LogP contribution in [0.5, 0.6) is 0 Å². The van der Waals surface area contributed by atoms with Gasteiger partial charge >= 0.3 is 11.9 Å². The van der Waals surface area contributed by atoms with Gasteiger partial charge in [-0.2, -0.15) is 0 Å². The third kappa shape index (κ3) is 3.31. The summed E-state index contributed by atoms with van der Waals surface area (Å²) in [6.45, 7) is 2.31. The van der Waals surface area contributed by atoms with E-state index in [0.717, 1.165) is 0 Å². The van der Waals surface area contributed by atoms with Crippen LogP contribution in [0.2, 0.25) is 0 Å². The van der Waals surface area contributed by atoms with Crippen molar-refractivity contribution in [2.75, 3.05) is 19.8 Å². The second-order valence-corrected chi connectivity index (χ2v) is 3.81. The van der Waals surface area contributed by atoms with Crippen LogP contribution in [0.4, 0.5) is 0 Å². The van der Waals surface area contributed by atoms with Crippen molar-refractivity contribution in [2.24, 2.45) is 5.73 Å². The molecule has 0 fully saturated rings. The van der Waals surface area contributed by atoms with Crippen LogP contribution >= 0.6 is 0 Å². The molecule has 0 radical (unpaired) electrons. The molecular weight excluding hydrogens is 240 g/mol. The SMILES string of the molecule is CC1=C(C(=O)O)CC(C(=O)O)=C(COCCN)N1. The fraction of sp³-hybridized carbons (Fsp3) is 0.455. The van der Waals surface area contributed by atoms with Gasteiger partial charge in [0.15, 0.2) is 0 Å². The van der Waals surface area contributed by atoms with Crippen LogP contribution < -0.4 is 11.1 Å². The molecule has 1 aliphatic heterocycles. The predicted octanol–water partition coefficient (Wildman–Crippen LogP) is -0.348. The number of dihydropyridines is 1. The number of nitrogens with one attached hydrogen (secondary N) is 1. The highest BCUT2D eigenvalue weighted by atomic mass is 16.5. The molecule has 1 rings (SSSR count). The molecule has 0 aromatic carbocycles. The van der Waals surface area contributed by atoms with Crippen LogP contribution in [-0.2, 0) is 14.3 Å².